The number of hydrogen-bond acceptors (Lipinski definition) is 2. The summed E-state index contributed by atoms with van der Waals surface area (Å²) in [4.78, 5) is 22.7. The van der Waals surface area contributed by atoms with Gasteiger partial charge in [-0.2, -0.15) is 0 Å². The first-order valence-corrected chi connectivity index (χ1v) is 5.86. The van der Waals surface area contributed by atoms with E-state index in [2.05, 4.69) is 10.9 Å². The van der Waals surface area contributed by atoms with Crippen LogP contribution in [0.1, 0.15) is 31.2 Å². The fraction of sp³-hybridized carbons (Fsp3) is 0.385. The number of benzene rings is 1. The van der Waals surface area contributed by atoms with E-state index in [4.69, 9.17) is 0 Å². The van der Waals surface area contributed by atoms with Crippen molar-refractivity contribution in [2.45, 2.75) is 25.7 Å². The maximum absolute atomic E-state index is 11.7. The average molecular weight is 232 g/mol. The van der Waals surface area contributed by atoms with Gasteiger partial charge >= 0.3 is 0 Å². The molecular formula is C13H16N2O2. The van der Waals surface area contributed by atoms with Gasteiger partial charge in [-0.25, -0.2) is 0 Å². The van der Waals surface area contributed by atoms with Gasteiger partial charge in [0.05, 0.1) is 0 Å². The molecule has 1 saturated carbocycles. The van der Waals surface area contributed by atoms with Crippen molar-refractivity contribution in [2.24, 2.45) is 5.92 Å². The van der Waals surface area contributed by atoms with E-state index in [0.717, 1.165) is 6.42 Å². The zero-order valence-corrected chi connectivity index (χ0v) is 9.77. The van der Waals surface area contributed by atoms with Gasteiger partial charge in [0.2, 0.25) is 11.8 Å². The molecule has 0 spiro atoms. The molecule has 0 aliphatic heterocycles. The minimum atomic E-state index is -0.171. The molecule has 2 atom stereocenters. The van der Waals surface area contributed by atoms with Crippen LogP contribution in [0, 0.1) is 5.92 Å². The number of carbonyl (C=O) groups is 2. The summed E-state index contributed by atoms with van der Waals surface area (Å²) in [6.07, 6.45) is 1.23. The maximum Gasteiger partial charge on any atom is 0.242 e. The van der Waals surface area contributed by atoms with Crippen LogP contribution in [-0.4, -0.2) is 11.8 Å². The van der Waals surface area contributed by atoms with Crippen LogP contribution in [-0.2, 0) is 9.59 Å². The van der Waals surface area contributed by atoms with Crippen LogP contribution in [0.25, 0.3) is 0 Å². The molecule has 1 fully saturated rings. The van der Waals surface area contributed by atoms with E-state index in [0.29, 0.717) is 12.3 Å². The Balaban J connectivity index is 1.83. The summed E-state index contributed by atoms with van der Waals surface area (Å²) in [6, 6.07) is 9.97. The first kappa shape index (κ1) is 11.6. The number of hydrazine groups is 1. The predicted molar refractivity (Wildman–Crippen MR) is 63.9 cm³/mol. The Morgan fingerprint density at radius 1 is 1.24 bits per heavy atom. The largest absolute Gasteiger partial charge is 0.273 e. The fourth-order valence-corrected chi connectivity index (χ4v) is 1.87. The third-order valence-corrected chi connectivity index (χ3v) is 3.00. The topological polar surface area (TPSA) is 58.2 Å². The second-order valence-electron chi connectivity index (χ2n) is 4.25. The first-order valence-electron chi connectivity index (χ1n) is 5.86. The second kappa shape index (κ2) is 4.99. The quantitative estimate of drug-likeness (QED) is 0.773. The first-order chi connectivity index (χ1) is 8.22. The molecule has 2 amide bonds. The highest BCUT2D eigenvalue weighted by atomic mass is 16.2. The summed E-state index contributed by atoms with van der Waals surface area (Å²) in [5.74, 6) is 0.0280. The van der Waals surface area contributed by atoms with Crippen LogP contribution in [0.5, 0.6) is 0 Å². The third kappa shape index (κ3) is 2.84. The van der Waals surface area contributed by atoms with Crippen molar-refractivity contribution >= 4 is 11.8 Å². The minimum Gasteiger partial charge on any atom is -0.273 e. The number of amides is 2. The normalized spacial score (nSPS) is 21.7. The van der Waals surface area contributed by atoms with Crippen molar-refractivity contribution in [2.75, 3.05) is 0 Å². The highest BCUT2D eigenvalue weighted by Gasteiger charge is 2.43. The van der Waals surface area contributed by atoms with E-state index in [1.807, 2.05) is 30.3 Å². The Hall–Kier alpha value is -1.84. The van der Waals surface area contributed by atoms with Gasteiger partial charge in [0.25, 0.3) is 0 Å². The van der Waals surface area contributed by atoms with Gasteiger partial charge in [0.15, 0.2) is 0 Å². The zero-order chi connectivity index (χ0) is 12.3. The molecule has 2 rings (SSSR count). The van der Waals surface area contributed by atoms with E-state index in [1.54, 1.807) is 6.92 Å². The van der Waals surface area contributed by atoms with Gasteiger partial charge < -0.3 is 0 Å². The van der Waals surface area contributed by atoms with E-state index in [-0.39, 0.29) is 17.7 Å². The molecule has 0 bridgehead atoms. The Morgan fingerprint density at radius 2 is 1.94 bits per heavy atom. The molecule has 0 saturated heterocycles. The molecule has 4 heteroatoms. The van der Waals surface area contributed by atoms with Crippen molar-refractivity contribution in [3.8, 4) is 0 Å². The number of carbonyl (C=O) groups excluding carboxylic acids is 2. The molecule has 0 unspecified atom stereocenters. The average Bonchev–Trinajstić information content (AvgIpc) is 3.17. The monoisotopic (exact) mass is 232 g/mol. The molecular weight excluding hydrogens is 216 g/mol. The summed E-state index contributed by atoms with van der Waals surface area (Å²) in [5, 5.41) is 0. The van der Waals surface area contributed by atoms with Gasteiger partial charge in [0, 0.05) is 12.3 Å². The molecule has 1 aliphatic rings. The lowest BCUT2D eigenvalue weighted by Crippen LogP contribution is -2.42. The smallest absolute Gasteiger partial charge is 0.242 e. The van der Waals surface area contributed by atoms with Crippen LogP contribution in [0.3, 0.4) is 0 Å². The van der Waals surface area contributed by atoms with Crippen molar-refractivity contribution in [1.29, 1.82) is 0 Å². The minimum absolute atomic E-state index is 0.00504. The van der Waals surface area contributed by atoms with Crippen molar-refractivity contribution < 1.29 is 9.59 Å². The van der Waals surface area contributed by atoms with Gasteiger partial charge in [-0.15, -0.1) is 0 Å². The van der Waals surface area contributed by atoms with Crippen LogP contribution < -0.4 is 10.9 Å². The summed E-state index contributed by atoms with van der Waals surface area (Å²) in [7, 11) is 0. The second-order valence-corrected chi connectivity index (χ2v) is 4.25. The number of hydrogen-bond donors (Lipinski definition) is 2. The van der Waals surface area contributed by atoms with Gasteiger partial charge in [-0.05, 0) is 17.9 Å². The standard InChI is InChI=1S/C13H16N2O2/c1-2-12(16)14-15-13(17)11-8-10(11)9-6-4-3-5-7-9/h3-7,10-11H,2,8H2,1H3,(H,14,16)(H,15,17)/t10-,11-/m1/s1. The predicted octanol–water partition coefficient (Wildman–Crippen LogP) is 1.35. The van der Waals surface area contributed by atoms with Crippen LogP contribution >= 0.6 is 0 Å². The Morgan fingerprint density at radius 3 is 2.59 bits per heavy atom. The van der Waals surface area contributed by atoms with E-state index < -0.39 is 0 Å². The molecule has 0 heterocycles. The Bertz CT molecular complexity index is 417. The lowest BCUT2D eigenvalue weighted by molar-refractivity contribution is -0.129. The molecule has 2 N–H and O–H groups in total. The maximum atomic E-state index is 11.7. The lowest BCUT2D eigenvalue weighted by atomic mass is 10.1. The van der Waals surface area contributed by atoms with E-state index >= 15 is 0 Å². The van der Waals surface area contributed by atoms with Gasteiger partial charge in [-0.3, -0.25) is 20.4 Å². The van der Waals surface area contributed by atoms with Crippen LogP contribution in [0.15, 0.2) is 30.3 Å². The molecule has 1 aromatic rings. The molecule has 1 aromatic carbocycles. The summed E-state index contributed by atoms with van der Waals surface area (Å²) >= 11 is 0. The van der Waals surface area contributed by atoms with Crippen LogP contribution in [0.4, 0.5) is 0 Å². The molecule has 4 nitrogen and oxygen atoms in total. The van der Waals surface area contributed by atoms with E-state index in [1.165, 1.54) is 5.56 Å². The molecule has 90 valence electrons. The summed E-state index contributed by atoms with van der Waals surface area (Å²) in [5.41, 5.74) is 6.03. The number of nitrogens with one attached hydrogen (secondary N) is 2. The third-order valence-electron chi connectivity index (χ3n) is 3.00. The zero-order valence-electron chi connectivity index (χ0n) is 9.77. The van der Waals surface area contributed by atoms with Crippen molar-refractivity contribution in [3.05, 3.63) is 35.9 Å². The Kier molecular flexibility index (Phi) is 3.42. The molecule has 17 heavy (non-hydrogen) atoms. The molecule has 0 radical (unpaired) electrons. The highest BCUT2D eigenvalue weighted by Crippen LogP contribution is 2.47. The fourth-order valence-electron chi connectivity index (χ4n) is 1.87. The summed E-state index contributed by atoms with van der Waals surface area (Å²) in [6.45, 7) is 1.74. The van der Waals surface area contributed by atoms with Crippen molar-refractivity contribution in [1.82, 2.24) is 10.9 Å². The van der Waals surface area contributed by atoms with E-state index in [9.17, 15) is 9.59 Å². The SMILES string of the molecule is CCC(=O)NNC(=O)[C@@H]1C[C@@H]1c1ccccc1. The number of rotatable bonds is 3. The van der Waals surface area contributed by atoms with Crippen LogP contribution in [0.2, 0.25) is 0 Å². The van der Waals surface area contributed by atoms with Crippen molar-refractivity contribution in [3.63, 3.8) is 0 Å². The van der Waals surface area contributed by atoms with Gasteiger partial charge in [-0.1, -0.05) is 37.3 Å². The molecule has 0 aromatic heterocycles. The molecule has 1 aliphatic carbocycles. The lowest BCUT2D eigenvalue weighted by Gasteiger charge is -2.05. The summed E-state index contributed by atoms with van der Waals surface area (Å²) < 4.78 is 0. The van der Waals surface area contributed by atoms with Gasteiger partial charge in [0.1, 0.15) is 0 Å². The Labute approximate surface area is 100 Å². The highest BCUT2D eigenvalue weighted by molar-refractivity contribution is 5.85.